The van der Waals surface area contributed by atoms with Crippen LogP contribution in [0.1, 0.15) is 0 Å². The number of benzene rings is 1. The van der Waals surface area contributed by atoms with Gasteiger partial charge in [-0.3, -0.25) is 9.80 Å². The van der Waals surface area contributed by atoms with Gasteiger partial charge in [0.25, 0.3) is 0 Å². The highest BCUT2D eigenvalue weighted by atomic mass is 16.5. The molecule has 2 fully saturated rings. The highest BCUT2D eigenvalue weighted by Gasteiger charge is 2.26. The molecular formula is C23H33N7O2. The Morgan fingerprint density at radius 3 is 2.25 bits per heavy atom. The van der Waals surface area contributed by atoms with Gasteiger partial charge in [-0.15, -0.1) is 0 Å². The molecule has 0 spiro atoms. The molecule has 9 heteroatoms. The third-order valence-electron chi connectivity index (χ3n) is 6.28. The van der Waals surface area contributed by atoms with E-state index in [1.165, 1.54) is 0 Å². The highest BCUT2D eigenvalue weighted by molar-refractivity contribution is 5.83. The summed E-state index contributed by atoms with van der Waals surface area (Å²) in [7, 11) is 0. The second kappa shape index (κ2) is 10.4. The standard InChI is InChI=1S/C23H33N7O2/c1-2-4-19(5-3-1)21-26-22(24-6-7-28-10-14-31-15-11-28)20-23(27-21)30(18-25-20)9-8-29-12-16-32-17-13-29/h1-5,25H,6-18H2,(H,24,26,27). The largest absolute Gasteiger partial charge is 0.379 e. The van der Waals surface area contributed by atoms with Gasteiger partial charge in [0, 0.05) is 57.9 Å². The lowest BCUT2D eigenvalue weighted by Gasteiger charge is -2.28. The minimum absolute atomic E-state index is 0.755. The first-order valence-corrected chi connectivity index (χ1v) is 11.7. The molecule has 0 amide bonds. The van der Waals surface area contributed by atoms with E-state index in [9.17, 15) is 0 Å². The first kappa shape index (κ1) is 21.4. The van der Waals surface area contributed by atoms with Crippen molar-refractivity contribution in [3.05, 3.63) is 30.3 Å². The lowest BCUT2D eigenvalue weighted by Crippen LogP contribution is -2.41. The van der Waals surface area contributed by atoms with Crippen molar-refractivity contribution in [3.63, 3.8) is 0 Å². The summed E-state index contributed by atoms with van der Waals surface area (Å²) in [5, 5.41) is 7.11. The number of hydrogen-bond donors (Lipinski definition) is 2. The molecule has 3 aliphatic rings. The molecule has 0 radical (unpaired) electrons. The molecule has 32 heavy (non-hydrogen) atoms. The van der Waals surface area contributed by atoms with Crippen molar-refractivity contribution in [1.82, 2.24) is 19.8 Å². The van der Waals surface area contributed by atoms with Crippen molar-refractivity contribution >= 4 is 17.3 Å². The summed E-state index contributed by atoms with van der Waals surface area (Å²) >= 11 is 0. The van der Waals surface area contributed by atoms with Gasteiger partial charge >= 0.3 is 0 Å². The maximum Gasteiger partial charge on any atom is 0.164 e. The van der Waals surface area contributed by atoms with Gasteiger partial charge in [0.05, 0.1) is 33.1 Å². The molecular weight excluding hydrogens is 406 g/mol. The smallest absolute Gasteiger partial charge is 0.164 e. The molecule has 2 saturated heterocycles. The quantitative estimate of drug-likeness (QED) is 0.635. The summed E-state index contributed by atoms with van der Waals surface area (Å²) in [6, 6.07) is 10.2. The maximum atomic E-state index is 5.48. The van der Waals surface area contributed by atoms with Crippen molar-refractivity contribution in [3.8, 4) is 11.4 Å². The van der Waals surface area contributed by atoms with Crippen molar-refractivity contribution in [1.29, 1.82) is 0 Å². The minimum Gasteiger partial charge on any atom is -0.379 e. The van der Waals surface area contributed by atoms with Gasteiger partial charge in [-0.25, -0.2) is 9.97 Å². The van der Waals surface area contributed by atoms with Gasteiger partial charge < -0.3 is 25.0 Å². The Labute approximate surface area is 189 Å². The van der Waals surface area contributed by atoms with Gasteiger partial charge in [-0.05, 0) is 0 Å². The second-order valence-electron chi connectivity index (χ2n) is 8.39. The fraction of sp³-hybridized carbons (Fsp3) is 0.565. The topological polar surface area (TPSA) is 78.0 Å². The summed E-state index contributed by atoms with van der Waals surface area (Å²) in [4.78, 5) is 17.1. The van der Waals surface area contributed by atoms with E-state index in [2.05, 4.69) is 37.5 Å². The molecule has 1 aromatic carbocycles. The summed E-state index contributed by atoms with van der Waals surface area (Å²) in [6.07, 6.45) is 0. The van der Waals surface area contributed by atoms with E-state index < -0.39 is 0 Å². The minimum atomic E-state index is 0.755. The molecule has 5 rings (SSSR count). The van der Waals surface area contributed by atoms with Gasteiger partial charge in [-0.1, -0.05) is 30.3 Å². The number of aromatic nitrogens is 2. The maximum absolute atomic E-state index is 5.48. The third kappa shape index (κ3) is 5.12. The fourth-order valence-electron chi connectivity index (χ4n) is 4.36. The van der Waals surface area contributed by atoms with Gasteiger partial charge in [-0.2, -0.15) is 0 Å². The number of hydrogen-bond acceptors (Lipinski definition) is 9. The predicted octanol–water partition coefficient (Wildman–Crippen LogP) is 1.41. The average molecular weight is 440 g/mol. The summed E-state index contributed by atoms with van der Waals surface area (Å²) in [5.41, 5.74) is 2.04. The van der Waals surface area contributed by atoms with Crippen LogP contribution in [0.2, 0.25) is 0 Å². The number of fused-ring (bicyclic) bond motifs is 1. The van der Waals surface area contributed by atoms with Crippen LogP contribution in [0.15, 0.2) is 30.3 Å². The number of nitrogens with one attached hydrogen (secondary N) is 2. The van der Waals surface area contributed by atoms with Crippen LogP contribution in [0.3, 0.4) is 0 Å². The molecule has 0 unspecified atom stereocenters. The number of rotatable bonds is 8. The average Bonchev–Trinajstić information content (AvgIpc) is 3.28. The van der Waals surface area contributed by atoms with Crippen LogP contribution < -0.4 is 15.5 Å². The van der Waals surface area contributed by atoms with Crippen LogP contribution in [0.5, 0.6) is 0 Å². The summed E-state index contributed by atoms with van der Waals surface area (Å²) in [6.45, 7) is 11.8. The van der Waals surface area contributed by atoms with E-state index in [1.54, 1.807) is 0 Å². The van der Waals surface area contributed by atoms with Crippen molar-refractivity contribution in [2.45, 2.75) is 0 Å². The van der Waals surface area contributed by atoms with Crippen LogP contribution in [-0.2, 0) is 9.47 Å². The van der Waals surface area contributed by atoms with E-state index in [-0.39, 0.29) is 0 Å². The molecule has 172 valence electrons. The zero-order valence-corrected chi connectivity index (χ0v) is 18.6. The van der Waals surface area contributed by atoms with Crippen LogP contribution in [-0.4, -0.2) is 105 Å². The lowest BCUT2D eigenvalue weighted by molar-refractivity contribution is 0.0392. The Kier molecular flexibility index (Phi) is 6.98. The number of ether oxygens (including phenoxy) is 2. The molecule has 9 nitrogen and oxygen atoms in total. The Morgan fingerprint density at radius 2 is 1.53 bits per heavy atom. The molecule has 0 atom stereocenters. The SMILES string of the molecule is c1ccc(-c2nc(NCCN3CCOCC3)c3c(n2)N(CCN2CCOCC2)CN3)cc1. The van der Waals surface area contributed by atoms with Crippen LogP contribution >= 0.6 is 0 Å². The predicted molar refractivity (Wildman–Crippen MR) is 126 cm³/mol. The first-order chi connectivity index (χ1) is 15.9. The Hall–Kier alpha value is -2.46. The Balaban J connectivity index is 1.32. The molecule has 0 bridgehead atoms. The van der Waals surface area contributed by atoms with Gasteiger partial charge in [0.15, 0.2) is 17.5 Å². The van der Waals surface area contributed by atoms with Crippen LogP contribution in [0.25, 0.3) is 11.4 Å². The lowest BCUT2D eigenvalue weighted by atomic mass is 10.2. The van der Waals surface area contributed by atoms with E-state index >= 15 is 0 Å². The number of nitrogens with zero attached hydrogens (tertiary/aromatic N) is 5. The molecule has 0 aliphatic carbocycles. The molecule has 0 saturated carbocycles. The Bertz CT molecular complexity index is 870. The summed E-state index contributed by atoms with van der Waals surface area (Å²) < 4.78 is 10.9. The zero-order chi connectivity index (χ0) is 21.6. The van der Waals surface area contributed by atoms with Crippen molar-refractivity contribution < 1.29 is 9.47 Å². The van der Waals surface area contributed by atoms with Crippen molar-refractivity contribution in [2.75, 3.05) is 101 Å². The van der Waals surface area contributed by atoms with E-state index in [0.717, 1.165) is 114 Å². The third-order valence-corrected chi connectivity index (χ3v) is 6.28. The Morgan fingerprint density at radius 1 is 0.844 bits per heavy atom. The fourth-order valence-corrected chi connectivity index (χ4v) is 4.36. The molecule has 1 aromatic heterocycles. The van der Waals surface area contributed by atoms with Gasteiger partial charge in [0.1, 0.15) is 5.69 Å². The molecule has 2 N–H and O–H groups in total. The molecule has 2 aromatic rings. The van der Waals surface area contributed by atoms with E-state index in [4.69, 9.17) is 19.4 Å². The molecule has 3 aliphatic heterocycles. The van der Waals surface area contributed by atoms with E-state index in [1.807, 2.05) is 18.2 Å². The van der Waals surface area contributed by atoms with Crippen LogP contribution in [0.4, 0.5) is 17.3 Å². The monoisotopic (exact) mass is 439 g/mol. The second-order valence-corrected chi connectivity index (χ2v) is 8.39. The van der Waals surface area contributed by atoms with Gasteiger partial charge in [0.2, 0.25) is 0 Å². The van der Waals surface area contributed by atoms with Crippen LogP contribution in [0, 0.1) is 0 Å². The normalized spacial score (nSPS) is 19.6. The number of morpholine rings is 2. The van der Waals surface area contributed by atoms with E-state index in [0.29, 0.717) is 0 Å². The number of anilines is 3. The summed E-state index contributed by atoms with van der Waals surface area (Å²) in [5.74, 6) is 2.63. The first-order valence-electron chi connectivity index (χ1n) is 11.7. The molecule has 4 heterocycles. The zero-order valence-electron chi connectivity index (χ0n) is 18.6. The van der Waals surface area contributed by atoms with Crippen molar-refractivity contribution in [2.24, 2.45) is 0 Å². The highest BCUT2D eigenvalue weighted by Crippen LogP contribution is 2.36.